The Labute approximate surface area is 203 Å². The summed E-state index contributed by atoms with van der Waals surface area (Å²) >= 11 is 11.0. The molecule has 0 spiro atoms. The van der Waals surface area contributed by atoms with Gasteiger partial charge in [0.05, 0.1) is 5.75 Å². The van der Waals surface area contributed by atoms with Gasteiger partial charge in [-0.15, -0.1) is 11.8 Å². The van der Waals surface area contributed by atoms with Crippen molar-refractivity contribution in [2.75, 3.05) is 12.3 Å². The van der Waals surface area contributed by atoms with Gasteiger partial charge in [0.2, 0.25) is 11.8 Å². The number of hydrogen-bond donors (Lipinski definition) is 1. The van der Waals surface area contributed by atoms with Crippen LogP contribution in [-0.2, 0) is 21.9 Å². The largest absolute Gasteiger partial charge is 0.354 e. The third-order valence-corrected chi connectivity index (χ3v) is 6.66. The lowest BCUT2D eigenvalue weighted by molar-refractivity contribution is -0.139. The molecule has 31 heavy (non-hydrogen) atoms. The molecule has 0 saturated heterocycles. The molecular formula is C24H30BrClN2O2S. The van der Waals surface area contributed by atoms with E-state index in [0.717, 1.165) is 34.2 Å². The molecular weight excluding hydrogens is 496 g/mol. The highest BCUT2D eigenvalue weighted by molar-refractivity contribution is 9.10. The number of carbonyl (C=O) groups excluding carboxylic acids is 2. The molecule has 4 nitrogen and oxygen atoms in total. The number of nitrogens with one attached hydrogen (secondary N) is 1. The molecule has 0 fully saturated rings. The number of nitrogens with zero attached hydrogens (tertiary/aromatic N) is 1. The molecule has 7 heteroatoms. The quantitative estimate of drug-likeness (QED) is 0.343. The zero-order valence-corrected chi connectivity index (χ0v) is 21.2. The number of thioether (sulfide) groups is 1. The molecule has 0 heterocycles. The van der Waals surface area contributed by atoms with E-state index in [1.54, 1.807) is 16.7 Å². The second-order valence-corrected chi connectivity index (χ2v) is 9.67. The smallest absolute Gasteiger partial charge is 0.242 e. The second kappa shape index (κ2) is 13.8. The number of halogens is 2. The van der Waals surface area contributed by atoms with Crippen LogP contribution in [0.15, 0.2) is 53.0 Å². The summed E-state index contributed by atoms with van der Waals surface area (Å²) in [6.45, 7) is 5.05. The molecule has 2 amide bonds. The van der Waals surface area contributed by atoms with Gasteiger partial charge in [0.1, 0.15) is 6.04 Å². The summed E-state index contributed by atoms with van der Waals surface area (Å²) in [5.41, 5.74) is 2.12. The Balaban J connectivity index is 2.08. The normalized spacial score (nSPS) is 11.7. The molecule has 1 unspecified atom stereocenters. The Hall–Kier alpha value is -1.50. The van der Waals surface area contributed by atoms with Crippen molar-refractivity contribution in [1.29, 1.82) is 0 Å². The summed E-state index contributed by atoms with van der Waals surface area (Å²) in [6, 6.07) is 15.0. The Morgan fingerprint density at radius 1 is 1.06 bits per heavy atom. The van der Waals surface area contributed by atoms with E-state index in [9.17, 15) is 9.59 Å². The molecule has 2 aromatic carbocycles. The Morgan fingerprint density at radius 2 is 1.71 bits per heavy atom. The SMILES string of the molecule is CCCCNC(=O)C(CC)N(Cc1ccc(Cl)cc1)C(=O)CSCc1ccc(Br)cc1. The van der Waals surface area contributed by atoms with Gasteiger partial charge < -0.3 is 10.2 Å². The molecule has 0 aliphatic carbocycles. The number of unbranched alkanes of at least 4 members (excludes halogenated alkanes) is 1. The fourth-order valence-electron chi connectivity index (χ4n) is 3.13. The molecule has 0 aliphatic heterocycles. The lowest BCUT2D eigenvalue weighted by Crippen LogP contribution is -2.49. The Morgan fingerprint density at radius 3 is 2.32 bits per heavy atom. The van der Waals surface area contributed by atoms with Gasteiger partial charge in [0.25, 0.3) is 0 Å². The van der Waals surface area contributed by atoms with Crippen LogP contribution in [0, 0.1) is 0 Å². The van der Waals surface area contributed by atoms with Crippen molar-refractivity contribution in [2.45, 2.75) is 51.4 Å². The van der Waals surface area contributed by atoms with E-state index in [4.69, 9.17) is 11.6 Å². The number of benzene rings is 2. The number of carbonyl (C=O) groups is 2. The van der Waals surface area contributed by atoms with Crippen LogP contribution < -0.4 is 5.32 Å². The minimum Gasteiger partial charge on any atom is -0.354 e. The van der Waals surface area contributed by atoms with Crippen molar-refractivity contribution in [3.63, 3.8) is 0 Å². The monoisotopic (exact) mass is 524 g/mol. The van der Waals surface area contributed by atoms with E-state index in [0.29, 0.717) is 30.3 Å². The molecule has 0 aromatic heterocycles. The lowest BCUT2D eigenvalue weighted by Gasteiger charge is -2.30. The molecule has 2 aromatic rings. The first-order valence-corrected chi connectivity index (χ1v) is 12.9. The molecule has 0 radical (unpaired) electrons. The number of rotatable bonds is 12. The third kappa shape index (κ3) is 8.87. The van der Waals surface area contributed by atoms with E-state index in [2.05, 4.69) is 28.2 Å². The van der Waals surface area contributed by atoms with Crippen LogP contribution in [0.2, 0.25) is 5.02 Å². The van der Waals surface area contributed by atoms with Crippen molar-refractivity contribution < 1.29 is 9.59 Å². The van der Waals surface area contributed by atoms with Gasteiger partial charge in [-0.3, -0.25) is 9.59 Å². The third-order valence-electron chi connectivity index (χ3n) is 4.89. The highest BCUT2D eigenvalue weighted by Crippen LogP contribution is 2.19. The van der Waals surface area contributed by atoms with E-state index < -0.39 is 6.04 Å². The van der Waals surface area contributed by atoms with Crippen LogP contribution in [0.4, 0.5) is 0 Å². The molecule has 0 aliphatic rings. The average Bonchev–Trinajstić information content (AvgIpc) is 2.76. The molecule has 0 bridgehead atoms. The molecule has 168 valence electrons. The highest BCUT2D eigenvalue weighted by atomic mass is 79.9. The summed E-state index contributed by atoms with van der Waals surface area (Å²) in [4.78, 5) is 27.7. The van der Waals surface area contributed by atoms with Gasteiger partial charge in [-0.1, -0.05) is 72.1 Å². The first-order chi connectivity index (χ1) is 14.9. The fourth-order valence-corrected chi connectivity index (χ4v) is 4.39. The first kappa shape index (κ1) is 25.8. The van der Waals surface area contributed by atoms with Crippen molar-refractivity contribution >= 4 is 51.1 Å². The summed E-state index contributed by atoms with van der Waals surface area (Å²) in [7, 11) is 0. The van der Waals surface area contributed by atoms with Gasteiger partial charge in [0.15, 0.2) is 0 Å². The predicted octanol–water partition coefficient (Wildman–Crippen LogP) is 6.06. The van der Waals surface area contributed by atoms with Crippen LogP contribution in [0.3, 0.4) is 0 Å². The first-order valence-electron chi connectivity index (χ1n) is 10.6. The zero-order valence-electron chi connectivity index (χ0n) is 18.1. The second-order valence-electron chi connectivity index (χ2n) is 7.34. The minimum absolute atomic E-state index is 0.0328. The van der Waals surface area contributed by atoms with Gasteiger partial charge in [-0.05, 0) is 48.2 Å². The van der Waals surface area contributed by atoms with Crippen molar-refractivity contribution in [3.8, 4) is 0 Å². The minimum atomic E-state index is -0.492. The fraction of sp³-hybridized carbons (Fsp3) is 0.417. The van der Waals surface area contributed by atoms with Gasteiger partial charge in [-0.25, -0.2) is 0 Å². The van der Waals surface area contributed by atoms with E-state index in [1.165, 1.54) is 0 Å². The molecule has 1 N–H and O–H groups in total. The van der Waals surface area contributed by atoms with E-state index in [-0.39, 0.29) is 11.8 Å². The maximum absolute atomic E-state index is 13.2. The standard InChI is InChI=1S/C24H30BrClN2O2S/c1-3-5-14-27-24(30)22(4-2)28(15-18-8-12-21(26)13-9-18)23(29)17-31-16-19-6-10-20(25)11-7-19/h6-13,22H,3-5,14-17H2,1-2H3,(H,27,30). The maximum atomic E-state index is 13.2. The van der Waals surface area contributed by atoms with Crippen molar-refractivity contribution in [3.05, 3.63) is 69.2 Å². The maximum Gasteiger partial charge on any atom is 0.242 e. The lowest BCUT2D eigenvalue weighted by atomic mass is 10.1. The van der Waals surface area contributed by atoms with Crippen LogP contribution in [0.1, 0.15) is 44.2 Å². The number of hydrogen-bond acceptors (Lipinski definition) is 3. The van der Waals surface area contributed by atoms with Gasteiger partial charge >= 0.3 is 0 Å². The number of amides is 2. The van der Waals surface area contributed by atoms with Gasteiger partial charge in [0, 0.05) is 28.3 Å². The molecule has 2 rings (SSSR count). The molecule has 0 saturated carbocycles. The van der Waals surface area contributed by atoms with Crippen LogP contribution in [0.5, 0.6) is 0 Å². The Kier molecular flexibility index (Phi) is 11.5. The van der Waals surface area contributed by atoms with Crippen LogP contribution in [0.25, 0.3) is 0 Å². The van der Waals surface area contributed by atoms with Crippen molar-refractivity contribution in [1.82, 2.24) is 10.2 Å². The summed E-state index contributed by atoms with van der Waals surface area (Å²) in [5.74, 6) is 0.945. The van der Waals surface area contributed by atoms with Gasteiger partial charge in [-0.2, -0.15) is 0 Å². The zero-order chi connectivity index (χ0) is 22.6. The summed E-state index contributed by atoms with van der Waals surface area (Å²) in [5, 5.41) is 3.64. The molecule has 1 atom stereocenters. The van der Waals surface area contributed by atoms with Crippen LogP contribution >= 0.6 is 39.3 Å². The summed E-state index contributed by atoms with van der Waals surface area (Å²) in [6.07, 6.45) is 2.50. The predicted molar refractivity (Wildman–Crippen MR) is 134 cm³/mol. The van der Waals surface area contributed by atoms with Crippen LogP contribution in [-0.4, -0.2) is 35.1 Å². The average molecular weight is 526 g/mol. The van der Waals surface area contributed by atoms with E-state index >= 15 is 0 Å². The van der Waals surface area contributed by atoms with E-state index in [1.807, 2.05) is 55.5 Å². The van der Waals surface area contributed by atoms with Crippen molar-refractivity contribution in [2.24, 2.45) is 0 Å². The Bertz CT molecular complexity index is 830. The summed E-state index contributed by atoms with van der Waals surface area (Å²) < 4.78 is 1.03. The highest BCUT2D eigenvalue weighted by Gasteiger charge is 2.28. The topological polar surface area (TPSA) is 49.4 Å².